The minimum Gasteiger partial charge on any atom is -0.454 e. The number of piperidine rings is 1. The Morgan fingerprint density at radius 1 is 1.22 bits per heavy atom. The highest BCUT2D eigenvalue weighted by Crippen LogP contribution is 2.27. The van der Waals surface area contributed by atoms with Gasteiger partial charge in [-0.3, -0.25) is 14.4 Å². The lowest BCUT2D eigenvalue weighted by Crippen LogP contribution is -2.38. The summed E-state index contributed by atoms with van der Waals surface area (Å²) in [6.45, 7) is 4.68. The third kappa shape index (κ3) is 4.99. The maximum atomic E-state index is 12.7. The quantitative estimate of drug-likeness (QED) is 0.429. The number of nitrogens with zero attached hydrogens (tertiary/aromatic N) is 2. The third-order valence-corrected chi connectivity index (χ3v) is 6.56. The number of carbonyl (C=O) groups excluding carboxylic acids is 3. The summed E-state index contributed by atoms with van der Waals surface area (Å²) in [7, 11) is 0. The van der Waals surface area contributed by atoms with Crippen molar-refractivity contribution in [2.75, 3.05) is 18.0 Å². The lowest BCUT2D eigenvalue weighted by molar-refractivity contribution is -0.152. The normalized spacial score (nSPS) is 15.5. The Balaban J connectivity index is 1.28. The molecule has 0 radical (unpaired) electrons. The van der Waals surface area contributed by atoms with Gasteiger partial charge in [0.25, 0.3) is 6.01 Å². The van der Waals surface area contributed by atoms with Crippen LogP contribution in [0.4, 0.5) is 6.01 Å². The van der Waals surface area contributed by atoms with E-state index in [1.165, 1.54) is 18.3 Å². The molecule has 32 heavy (non-hydrogen) atoms. The van der Waals surface area contributed by atoms with Crippen LogP contribution in [0.15, 0.2) is 40.8 Å². The van der Waals surface area contributed by atoms with Crippen molar-refractivity contribution in [1.29, 1.82) is 0 Å². The number of amides is 1. The summed E-state index contributed by atoms with van der Waals surface area (Å²) in [5.74, 6) is -0.973. The van der Waals surface area contributed by atoms with Crippen LogP contribution in [-0.4, -0.2) is 41.8 Å². The van der Waals surface area contributed by atoms with E-state index in [4.69, 9.17) is 9.15 Å². The lowest BCUT2D eigenvalue weighted by atomic mass is 9.97. The summed E-state index contributed by atoms with van der Waals surface area (Å²) in [5, 5.41) is 2.70. The Bertz CT molecular complexity index is 1100. The highest BCUT2D eigenvalue weighted by Gasteiger charge is 2.31. The van der Waals surface area contributed by atoms with Gasteiger partial charge in [-0.05, 0) is 44.0 Å². The molecule has 1 aliphatic heterocycles. The van der Waals surface area contributed by atoms with Gasteiger partial charge in [-0.15, -0.1) is 11.3 Å². The van der Waals surface area contributed by atoms with Crippen molar-refractivity contribution in [3.8, 4) is 0 Å². The molecule has 4 rings (SSSR count). The molecule has 1 unspecified atom stereocenters. The number of ketones is 1. The van der Waals surface area contributed by atoms with Crippen molar-refractivity contribution in [3.63, 3.8) is 0 Å². The first-order valence-corrected chi connectivity index (χ1v) is 11.4. The molecule has 2 aromatic heterocycles. The number of Topliss-reactive ketones (excluding diaryl/α,β-unsaturated/α-hetero) is 1. The smallest absolute Gasteiger partial charge is 0.309 e. The fraction of sp³-hybridized carbons (Fsp3) is 0.391. The second-order valence-electron chi connectivity index (χ2n) is 7.84. The molecule has 1 aliphatic rings. The summed E-state index contributed by atoms with van der Waals surface area (Å²) in [4.78, 5) is 44.2. The fourth-order valence-corrected chi connectivity index (χ4v) is 4.61. The topological polar surface area (TPSA) is 102 Å². The van der Waals surface area contributed by atoms with Crippen molar-refractivity contribution in [2.24, 2.45) is 5.92 Å². The number of hydrogen-bond donors (Lipinski definition) is 1. The molecule has 9 heteroatoms. The van der Waals surface area contributed by atoms with Crippen LogP contribution in [-0.2, 0) is 20.9 Å². The molecule has 1 saturated heterocycles. The van der Waals surface area contributed by atoms with Gasteiger partial charge >= 0.3 is 5.97 Å². The maximum absolute atomic E-state index is 12.7. The minimum absolute atomic E-state index is 0.129. The summed E-state index contributed by atoms with van der Waals surface area (Å²) < 4.78 is 11.3. The average molecular weight is 456 g/mol. The number of fused-ring (bicyclic) bond motifs is 1. The molecule has 1 aromatic carbocycles. The number of esters is 1. The number of nitrogens with one attached hydrogen (secondary N) is 1. The van der Waals surface area contributed by atoms with Gasteiger partial charge in [0, 0.05) is 24.9 Å². The van der Waals surface area contributed by atoms with E-state index in [1.807, 2.05) is 29.2 Å². The molecule has 0 spiro atoms. The van der Waals surface area contributed by atoms with Crippen LogP contribution in [0.5, 0.6) is 0 Å². The Hall–Kier alpha value is -3.20. The number of para-hydroxylation sites is 2. The van der Waals surface area contributed by atoms with E-state index in [0.717, 1.165) is 16.0 Å². The molecule has 1 atom stereocenters. The highest BCUT2D eigenvalue weighted by molar-refractivity contribution is 7.14. The predicted molar refractivity (Wildman–Crippen MR) is 121 cm³/mol. The molecule has 8 nitrogen and oxygen atoms in total. The number of thiophene rings is 1. The Labute approximate surface area is 189 Å². The maximum Gasteiger partial charge on any atom is 0.309 e. The molecule has 1 amide bonds. The molecule has 1 N–H and O–H groups in total. The Morgan fingerprint density at radius 3 is 2.69 bits per heavy atom. The van der Waals surface area contributed by atoms with Crippen molar-refractivity contribution in [2.45, 2.75) is 39.3 Å². The van der Waals surface area contributed by atoms with E-state index in [9.17, 15) is 14.4 Å². The van der Waals surface area contributed by atoms with E-state index in [2.05, 4.69) is 10.3 Å². The number of rotatable bonds is 7. The number of carbonyl (C=O) groups is 3. The average Bonchev–Trinajstić information content (AvgIpc) is 3.44. The van der Waals surface area contributed by atoms with Crippen LogP contribution in [0.1, 0.15) is 41.2 Å². The van der Waals surface area contributed by atoms with Gasteiger partial charge in [-0.25, -0.2) is 0 Å². The second-order valence-corrected chi connectivity index (χ2v) is 9.01. The zero-order valence-corrected chi connectivity index (χ0v) is 18.8. The van der Waals surface area contributed by atoms with Gasteiger partial charge in [-0.2, -0.15) is 4.98 Å². The molecule has 1 fully saturated rings. The summed E-state index contributed by atoms with van der Waals surface area (Å²) >= 11 is 1.29. The number of oxazole rings is 1. The van der Waals surface area contributed by atoms with E-state index in [0.29, 0.717) is 43.4 Å². The van der Waals surface area contributed by atoms with E-state index < -0.39 is 6.10 Å². The van der Waals surface area contributed by atoms with Crippen molar-refractivity contribution in [3.05, 3.63) is 46.2 Å². The molecule has 168 valence electrons. The minimum atomic E-state index is -0.857. The summed E-state index contributed by atoms with van der Waals surface area (Å²) in [5.41, 5.74) is 1.55. The largest absolute Gasteiger partial charge is 0.454 e. The number of benzene rings is 1. The highest BCUT2D eigenvalue weighted by atomic mass is 32.1. The first kappa shape index (κ1) is 22.0. The summed E-state index contributed by atoms with van der Waals surface area (Å²) in [6.07, 6.45) is 0.362. The zero-order valence-electron chi connectivity index (χ0n) is 18.0. The second kappa shape index (κ2) is 9.52. The molecular weight excluding hydrogens is 430 g/mol. The molecular formula is C23H25N3O5S. The number of anilines is 1. The SMILES string of the molecule is CC(=O)NCc1ccc(C(=O)C(C)OC(=O)C2CCN(c3nc4ccccc4o3)CC2)s1. The van der Waals surface area contributed by atoms with Gasteiger partial charge in [0.1, 0.15) is 5.52 Å². The number of aromatic nitrogens is 1. The van der Waals surface area contributed by atoms with Crippen molar-refractivity contribution in [1.82, 2.24) is 10.3 Å². The molecule has 0 bridgehead atoms. The number of ether oxygens (including phenoxy) is 1. The molecule has 0 aliphatic carbocycles. The first-order chi connectivity index (χ1) is 15.4. The number of hydrogen-bond acceptors (Lipinski definition) is 8. The van der Waals surface area contributed by atoms with Crippen LogP contribution in [0.2, 0.25) is 0 Å². The van der Waals surface area contributed by atoms with Gasteiger partial charge in [0.2, 0.25) is 11.7 Å². The van der Waals surface area contributed by atoms with Gasteiger partial charge in [0.15, 0.2) is 11.7 Å². The van der Waals surface area contributed by atoms with Gasteiger partial charge < -0.3 is 19.4 Å². The van der Waals surface area contributed by atoms with Crippen LogP contribution >= 0.6 is 11.3 Å². The molecule has 3 aromatic rings. The van der Waals surface area contributed by atoms with Gasteiger partial charge in [-0.1, -0.05) is 12.1 Å². The van der Waals surface area contributed by atoms with Crippen LogP contribution in [0.3, 0.4) is 0 Å². The molecule has 3 heterocycles. The first-order valence-electron chi connectivity index (χ1n) is 10.6. The molecule has 0 saturated carbocycles. The standard InChI is InChI=1S/C23H25N3O5S/c1-14(21(28)20-8-7-17(32-20)13-24-15(2)27)30-22(29)16-9-11-26(12-10-16)23-25-18-5-3-4-6-19(18)31-23/h3-8,14,16H,9-13H2,1-2H3,(H,24,27). The Morgan fingerprint density at radius 2 is 1.97 bits per heavy atom. The Kier molecular flexibility index (Phi) is 6.55. The van der Waals surface area contributed by atoms with Crippen molar-refractivity contribution >= 4 is 46.1 Å². The van der Waals surface area contributed by atoms with Crippen LogP contribution in [0, 0.1) is 5.92 Å². The summed E-state index contributed by atoms with van der Waals surface area (Å²) in [6, 6.07) is 11.7. The van der Waals surface area contributed by atoms with Crippen molar-refractivity contribution < 1.29 is 23.5 Å². The van der Waals surface area contributed by atoms with E-state index >= 15 is 0 Å². The van der Waals surface area contributed by atoms with Crippen LogP contribution in [0.25, 0.3) is 11.1 Å². The van der Waals surface area contributed by atoms with Gasteiger partial charge in [0.05, 0.1) is 17.3 Å². The van der Waals surface area contributed by atoms with E-state index in [1.54, 1.807) is 19.1 Å². The lowest BCUT2D eigenvalue weighted by Gasteiger charge is -2.30. The van der Waals surface area contributed by atoms with Crippen LogP contribution < -0.4 is 10.2 Å². The predicted octanol–water partition coefficient (Wildman–Crippen LogP) is 3.56. The fourth-order valence-electron chi connectivity index (χ4n) is 3.64. The van der Waals surface area contributed by atoms with E-state index in [-0.39, 0.29) is 23.6 Å². The monoisotopic (exact) mass is 455 g/mol. The third-order valence-electron chi connectivity index (χ3n) is 5.46. The zero-order chi connectivity index (χ0) is 22.7.